The third kappa shape index (κ3) is 5.22. The zero-order valence-electron chi connectivity index (χ0n) is 20.3. The van der Waals surface area contributed by atoms with Crippen molar-refractivity contribution in [2.45, 2.75) is 35.6 Å². The summed E-state index contributed by atoms with van der Waals surface area (Å²) in [4.78, 5) is 18.0. The van der Waals surface area contributed by atoms with E-state index in [0.29, 0.717) is 35.5 Å². The number of rotatable bonds is 9. The fourth-order valence-corrected chi connectivity index (χ4v) is 6.24. The Hall–Kier alpha value is -4.11. The van der Waals surface area contributed by atoms with Crippen molar-refractivity contribution in [3.05, 3.63) is 90.1 Å². The average Bonchev–Trinajstić information content (AvgIpc) is 3.77. The number of nitrogens with zero attached hydrogens (tertiary/aromatic N) is 1. The molecule has 8 nitrogen and oxygen atoms in total. The molecule has 0 bridgehead atoms. The van der Waals surface area contributed by atoms with Crippen molar-refractivity contribution in [1.82, 2.24) is 10.3 Å². The van der Waals surface area contributed by atoms with Crippen LogP contribution in [0.5, 0.6) is 5.75 Å². The van der Waals surface area contributed by atoms with E-state index in [1.54, 1.807) is 43.6 Å². The van der Waals surface area contributed by atoms with E-state index in [9.17, 15) is 13.2 Å². The Labute approximate surface area is 215 Å². The van der Waals surface area contributed by atoms with Gasteiger partial charge >= 0.3 is 0 Å². The molecule has 4 N–H and O–H groups in total. The first kappa shape index (κ1) is 24.6. The maximum absolute atomic E-state index is 13.6. The molecule has 190 valence electrons. The fourth-order valence-electron chi connectivity index (χ4n) is 4.35. The first-order chi connectivity index (χ1) is 17.9. The second kappa shape index (κ2) is 10.1. The van der Waals surface area contributed by atoms with E-state index in [2.05, 4.69) is 15.6 Å². The summed E-state index contributed by atoms with van der Waals surface area (Å²) in [5.41, 5.74) is 7.98. The number of hydrogen-bond donors (Lipinski definition) is 3. The molecule has 4 aromatic rings. The SMILES string of the molecule is COc1cccc(C(Nc2ccc3c(N)nccc3c2)C(=O)NCc2ccccc2S(=O)(=O)C2CC2)c1. The quantitative estimate of drug-likeness (QED) is 0.304. The summed E-state index contributed by atoms with van der Waals surface area (Å²) >= 11 is 0. The summed E-state index contributed by atoms with van der Waals surface area (Å²) in [6.07, 6.45) is 3.00. The fraction of sp³-hybridized carbons (Fsp3) is 0.214. The van der Waals surface area contributed by atoms with E-state index in [-0.39, 0.29) is 22.6 Å². The van der Waals surface area contributed by atoms with Gasteiger partial charge in [-0.2, -0.15) is 0 Å². The molecule has 0 radical (unpaired) electrons. The Kier molecular flexibility index (Phi) is 6.71. The molecule has 1 fully saturated rings. The number of sulfone groups is 1. The van der Waals surface area contributed by atoms with Crippen LogP contribution in [0.2, 0.25) is 0 Å². The largest absolute Gasteiger partial charge is 0.497 e. The number of methoxy groups -OCH3 is 1. The maximum Gasteiger partial charge on any atom is 0.247 e. The lowest BCUT2D eigenvalue weighted by Crippen LogP contribution is -2.33. The van der Waals surface area contributed by atoms with E-state index < -0.39 is 15.9 Å². The van der Waals surface area contributed by atoms with Gasteiger partial charge in [0.1, 0.15) is 17.6 Å². The molecule has 37 heavy (non-hydrogen) atoms. The minimum atomic E-state index is -3.40. The average molecular weight is 517 g/mol. The molecule has 9 heteroatoms. The summed E-state index contributed by atoms with van der Waals surface area (Å²) in [5.74, 6) is 0.752. The normalized spacial score (nSPS) is 14.2. The van der Waals surface area contributed by atoms with Gasteiger partial charge in [0, 0.05) is 23.8 Å². The van der Waals surface area contributed by atoms with Crippen LogP contribution < -0.4 is 21.1 Å². The van der Waals surface area contributed by atoms with Gasteiger partial charge in [-0.25, -0.2) is 13.4 Å². The topological polar surface area (TPSA) is 123 Å². The molecule has 1 aliphatic carbocycles. The Balaban J connectivity index is 1.43. The molecular formula is C28H28N4O4S. The molecule has 5 rings (SSSR count). The van der Waals surface area contributed by atoms with Crippen LogP contribution in [0.15, 0.2) is 83.9 Å². The van der Waals surface area contributed by atoms with E-state index in [1.807, 2.05) is 42.5 Å². The van der Waals surface area contributed by atoms with Crippen LogP contribution >= 0.6 is 0 Å². The number of nitrogen functional groups attached to an aromatic ring is 1. The highest BCUT2D eigenvalue weighted by molar-refractivity contribution is 7.92. The number of carbonyl (C=O) groups excluding carboxylic acids is 1. The van der Waals surface area contributed by atoms with Crippen molar-refractivity contribution in [3.8, 4) is 5.75 Å². The molecule has 1 aromatic heterocycles. The lowest BCUT2D eigenvalue weighted by molar-refractivity contribution is -0.122. The van der Waals surface area contributed by atoms with Crippen LogP contribution in [-0.4, -0.2) is 31.7 Å². The van der Waals surface area contributed by atoms with Crippen LogP contribution in [0.1, 0.15) is 30.0 Å². The number of nitrogens with one attached hydrogen (secondary N) is 2. The molecule has 1 unspecified atom stereocenters. The standard InChI is InChI=1S/C28H28N4O4S/c1-36-22-7-4-6-19(16-22)26(32-21-9-12-24-18(15-21)13-14-30-27(24)29)28(33)31-17-20-5-2-3-8-25(20)37(34,35)23-10-11-23/h2-9,12-16,23,26,32H,10-11,17H2,1H3,(H2,29,30)(H,31,33). The van der Waals surface area contributed by atoms with Gasteiger partial charge in [-0.1, -0.05) is 30.3 Å². The first-order valence-corrected chi connectivity index (χ1v) is 13.6. The number of aromatic nitrogens is 1. The summed E-state index contributed by atoms with van der Waals surface area (Å²) in [6, 6.07) is 20.8. The van der Waals surface area contributed by atoms with Gasteiger partial charge in [-0.05, 0) is 71.8 Å². The van der Waals surface area contributed by atoms with Crippen LogP contribution in [0.3, 0.4) is 0 Å². The van der Waals surface area contributed by atoms with Gasteiger partial charge in [0.2, 0.25) is 5.91 Å². The number of ether oxygens (including phenoxy) is 1. The van der Waals surface area contributed by atoms with Crippen molar-refractivity contribution in [2.75, 3.05) is 18.2 Å². The van der Waals surface area contributed by atoms with E-state index in [4.69, 9.17) is 10.5 Å². The molecule has 0 spiro atoms. The number of benzene rings is 3. The molecule has 1 saturated carbocycles. The van der Waals surface area contributed by atoms with Crippen LogP contribution in [0.25, 0.3) is 10.8 Å². The van der Waals surface area contributed by atoms with Gasteiger partial charge in [-0.15, -0.1) is 0 Å². The molecule has 3 aromatic carbocycles. The maximum atomic E-state index is 13.6. The van der Waals surface area contributed by atoms with Crippen molar-refractivity contribution in [2.24, 2.45) is 0 Å². The highest BCUT2D eigenvalue weighted by Gasteiger charge is 2.38. The zero-order valence-corrected chi connectivity index (χ0v) is 21.2. The van der Waals surface area contributed by atoms with Crippen molar-refractivity contribution < 1.29 is 17.9 Å². The van der Waals surface area contributed by atoms with Gasteiger partial charge in [0.05, 0.1) is 17.3 Å². The van der Waals surface area contributed by atoms with Crippen molar-refractivity contribution >= 4 is 38.0 Å². The number of fused-ring (bicyclic) bond motifs is 1. The number of anilines is 2. The first-order valence-electron chi connectivity index (χ1n) is 12.0. The summed E-state index contributed by atoms with van der Waals surface area (Å²) in [7, 11) is -1.83. The van der Waals surface area contributed by atoms with Gasteiger partial charge in [0.25, 0.3) is 0 Å². The van der Waals surface area contributed by atoms with Crippen LogP contribution in [0, 0.1) is 0 Å². The van der Waals surface area contributed by atoms with Gasteiger partial charge in [-0.3, -0.25) is 4.79 Å². The highest BCUT2D eigenvalue weighted by atomic mass is 32.2. The predicted molar refractivity (Wildman–Crippen MR) is 144 cm³/mol. The summed E-state index contributed by atoms with van der Waals surface area (Å²) in [6.45, 7) is 0.0863. The number of nitrogens with two attached hydrogens (primary N) is 1. The number of amides is 1. The number of carbonyl (C=O) groups is 1. The number of hydrogen-bond acceptors (Lipinski definition) is 7. The predicted octanol–water partition coefficient (Wildman–Crippen LogP) is 4.23. The third-order valence-electron chi connectivity index (χ3n) is 6.49. The third-order valence-corrected chi connectivity index (χ3v) is 8.85. The lowest BCUT2D eigenvalue weighted by Gasteiger charge is -2.21. The smallest absolute Gasteiger partial charge is 0.247 e. The minimum Gasteiger partial charge on any atom is -0.497 e. The minimum absolute atomic E-state index is 0.0863. The molecule has 1 heterocycles. The molecular weight excluding hydrogens is 488 g/mol. The monoisotopic (exact) mass is 516 g/mol. The van der Waals surface area contributed by atoms with Crippen LogP contribution in [0.4, 0.5) is 11.5 Å². The second-order valence-corrected chi connectivity index (χ2v) is 11.3. The molecule has 1 atom stereocenters. The molecule has 0 aliphatic heterocycles. The highest BCUT2D eigenvalue weighted by Crippen LogP contribution is 2.35. The number of pyridine rings is 1. The molecule has 1 aliphatic rings. The molecule has 1 amide bonds. The zero-order chi connectivity index (χ0) is 26.0. The van der Waals surface area contributed by atoms with Gasteiger partial charge in [0.15, 0.2) is 9.84 Å². The Morgan fingerprint density at radius 1 is 1.08 bits per heavy atom. The lowest BCUT2D eigenvalue weighted by atomic mass is 10.0. The van der Waals surface area contributed by atoms with E-state index in [0.717, 1.165) is 16.5 Å². The van der Waals surface area contributed by atoms with Crippen molar-refractivity contribution in [1.29, 1.82) is 0 Å². The van der Waals surface area contributed by atoms with E-state index in [1.165, 1.54) is 0 Å². The van der Waals surface area contributed by atoms with Gasteiger partial charge < -0.3 is 21.1 Å². The Morgan fingerprint density at radius 2 is 1.89 bits per heavy atom. The van der Waals surface area contributed by atoms with Crippen LogP contribution in [-0.2, 0) is 21.2 Å². The Morgan fingerprint density at radius 3 is 2.68 bits per heavy atom. The van der Waals surface area contributed by atoms with Crippen molar-refractivity contribution in [3.63, 3.8) is 0 Å². The second-order valence-electron chi connectivity index (χ2n) is 9.06. The van der Waals surface area contributed by atoms with E-state index >= 15 is 0 Å². The summed E-state index contributed by atoms with van der Waals surface area (Å²) in [5, 5.41) is 7.64. The Bertz CT molecular complexity index is 1570. The summed E-state index contributed by atoms with van der Waals surface area (Å²) < 4.78 is 31.2. The molecule has 0 saturated heterocycles.